The van der Waals surface area contributed by atoms with Gasteiger partial charge in [-0.3, -0.25) is 4.79 Å². The van der Waals surface area contributed by atoms with E-state index >= 15 is 0 Å². The Morgan fingerprint density at radius 2 is 1.65 bits per heavy atom. The Kier molecular flexibility index (Phi) is 6.03. The van der Waals surface area contributed by atoms with Crippen molar-refractivity contribution in [3.8, 4) is 11.5 Å². The molecular weight excluding hydrogens is 292 g/mol. The standard InChI is InChI=1S/C19H22O4/c1-14-5-7-15(8-6-14)18(19(20)21)4-3-13-23-17-11-9-16(22-2)10-12-17/h5-12,18H,3-4,13H2,1-2H3,(H,20,21). The summed E-state index contributed by atoms with van der Waals surface area (Å²) in [7, 11) is 1.62. The van der Waals surface area contributed by atoms with Gasteiger partial charge >= 0.3 is 5.97 Å². The Morgan fingerprint density at radius 3 is 2.22 bits per heavy atom. The molecule has 1 unspecified atom stereocenters. The molecule has 0 amide bonds. The van der Waals surface area contributed by atoms with Crippen LogP contribution in [0.15, 0.2) is 48.5 Å². The van der Waals surface area contributed by atoms with Crippen LogP contribution in [-0.2, 0) is 4.79 Å². The molecule has 0 heterocycles. The van der Waals surface area contributed by atoms with E-state index in [4.69, 9.17) is 9.47 Å². The third-order valence-electron chi connectivity index (χ3n) is 3.74. The summed E-state index contributed by atoms with van der Waals surface area (Å²) < 4.78 is 10.7. The van der Waals surface area contributed by atoms with E-state index in [1.807, 2.05) is 55.5 Å². The van der Waals surface area contributed by atoms with E-state index in [1.54, 1.807) is 7.11 Å². The zero-order valence-corrected chi connectivity index (χ0v) is 13.5. The van der Waals surface area contributed by atoms with Crippen LogP contribution in [0.25, 0.3) is 0 Å². The fourth-order valence-electron chi connectivity index (χ4n) is 2.38. The molecule has 0 radical (unpaired) electrons. The number of aliphatic carboxylic acids is 1. The second-order valence-electron chi connectivity index (χ2n) is 5.47. The fraction of sp³-hybridized carbons (Fsp3) is 0.316. The molecule has 23 heavy (non-hydrogen) atoms. The van der Waals surface area contributed by atoms with Crippen LogP contribution < -0.4 is 9.47 Å². The number of aryl methyl sites for hydroxylation is 1. The Morgan fingerprint density at radius 1 is 1.04 bits per heavy atom. The highest BCUT2D eigenvalue weighted by Gasteiger charge is 2.19. The van der Waals surface area contributed by atoms with E-state index in [1.165, 1.54) is 0 Å². The van der Waals surface area contributed by atoms with E-state index < -0.39 is 11.9 Å². The van der Waals surface area contributed by atoms with E-state index in [2.05, 4.69) is 0 Å². The van der Waals surface area contributed by atoms with E-state index in [0.717, 1.165) is 22.6 Å². The van der Waals surface area contributed by atoms with Crippen molar-refractivity contribution in [3.05, 3.63) is 59.7 Å². The minimum atomic E-state index is -0.793. The Hall–Kier alpha value is -2.49. The molecule has 0 spiro atoms. The van der Waals surface area contributed by atoms with Crippen LogP contribution in [-0.4, -0.2) is 24.8 Å². The second-order valence-corrected chi connectivity index (χ2v) is 5.47. The minimum Gasteiger partial charge on any atom is -0.497 e. The van der Waals surface area contributed by atoms with Crippen molar-refractivity contribution in [1.82, 2.24) is 0 Å². The maximum Gasteiger partial charge on any atom is 0.310 e. The number of hydrogen-bond acceptors (Lipinski definition) is 3. The Bertz CT molecular complexity index is 617. The molecule has 0 bridgehead atoms. The summed E-state index contributed by atoms with van der Waals surface area (Å²) in [5, 5.41) is 9.42. The van der Waals surface area contributed by atoms with Crippen LogP contribution in [0.3, 0.4) is 0 Å². The molecule has 0 fully saturated rings. The summed E-state index contributed by atoms with van der Waals surface area (Å²) in [6.45, 7) is 2.48. The van der Waals surface area contributed by atoms with Crippen LogP contribution in [0.5, 0.6) is 11.5 Å². The predicted molar refractivity (Wildman–Crippen MR) is 89.3 cm³/mol. The van der Waals surface area contributed by atoms with Gasteiger partial charge in [-0.05, 0) is 49.6 Å². The van der Waals surface area contributed by atoms with E-state index in [-0.39, 0.29) is 0 Å². The van der Waals surface area contributed by atoms with Crippen molar-refractivity contribution in [2.45, 2.75) is 25.7 Å². The lowest BCUT2D eigenvalue weighted by Gasteiger charge is -2.13. The molecule has 0 saturated carbocycles. The molecule has 2 rings (SSSR count). The predicted octanol–water partition coefficient (Wildman–Crippen LogP) is 4.03. The highest BCUT2D eigenvalue weighted by molar-refractivity contribution is 5.76. The third kappa shape index (κ3) is 5.02. The van der Waals surface area contributed by atoms with Gasteiger partial charge < -0.3 is 14.6 Å². The number of carboxylic acid groups (broad SMARTS) is 1. The lowest BCUT2D eigenvalue weighted by Crippen LogP contribution is -2.13. The molecule has 4 heteroatoms. The lowest BCUT2D eigenvalue weighted by atomic mass is 9.94. The third-order valence-corrected chi connectivity index (χ3v) is 3.74. The topological polar surface area (TPSA) is 55.8 Å². The number of rotatable bonds is 8. The summed E-state index contributed by atoms with van der Waals surface area (Å²) in [4.78, 5) is 11.5. The quantitative estimate of drug-likeness (QED) is 0.747. The van der Waals surface area contributed by atoms with Gasteiger partial charge in [-0.2, -0.15) is 0 Å². The average Bonchev–Trinajstić information content (AvgIpc) is 2.56. The average molecular weight is 314 g/mol. The first-order valence-corrected chi connectivity index (χ1v) is 7.66. The first kappa shape index (κ1) is 16.9. The highest BCUT2D eigenvalue weighted by Crippen LogP contribution is 2.23. The molecule has 0 aliphatic carbocycles. The molecule has 2 aromatic carbocycles. The highest BCUT2D eigenvalue weighted by atomic mass is 16.5. The van der Waals surface area contributed by atoms with Gasteiger partial charge in [0.1, 0.15) is 11.5 Å². The van der Waals surface area contributed by atoms with Crippen LogP contribution in [0, 0.1) is 6.92 Å². The fourth-order valence-corrected chi connectivity index (χ4v) is 2.38. The number of methoxy groups -OCH3 is 1. The molecule has 4 nitrogen and oxygen atoms in total. The first-order valence-electron chi connectivity index (χ1n) is 7.66. The molecule has 1 atom stereocenters. The number of hydrogen-bond donors (Lipinski definition) is 1. The smallest absolute Gasteiger partial charge is 0.310 e. The van der Waals surface area contributed by atoms with Gasteiger partial charge in [0, 0.05) is 0 Å². The maximum atomic E-state index is 11.5. The van der Waals surface area contributed by atoms with E-state index in [9.17, 15) is 9.90 Å². The molecular formula is C19H22O4. The summed E-state index contributed by atoms with van der Waals surface area (Å²) in [5.41, 5.74) is 1.97. The normalized spacial score (nSPS) is 11.7. The van der Waals surface area contributed by atoms with Gasteiger partial charge in [0.2, 0.25) is 0 Å². The van der Waals surface area contributed by atoms with Gasteiger partial charge in [-0.15, -0.1) is 0 Å². The van der Waals surface area contributed by atoms with Crippen molar-refractivity contribution in [2.75, 3.05) is 13.7 Å². The van der Waals surface area contributed by atoms with Crippen LogP contribution in [0.2, 0.25) is 0 Å². The monoisotopic (exact) mass is 314 g/mol. The van der Waals surface area contributed by atoms with Crippen LogP contribution >= 0.6 is 0 Å². The van der Waals surface area contributed by atoms with Gasteiger partial charge in [0.15, 0.2) is 0 Å². The van der Waals surface area contributed by atoms with Crippen LogP contribution in [0.1, 0.15) is 29.9 Å². The summed E-state index contributed by atoms with van der Waals surface area (Å²) in [6.07, 6.45) is 1.23. The number of carbonyl (C=O) groups is 1. The van der Waals surface area contributed by atoms with Gasteiger partial charge in [-0.25, -0.2) is 0 Å². The van der Waals surface area contributed by atoms with Gasteiger partial charge in [0.05, 0.1) is 19.6 Å². The minimum absolute atomic E-state index is 0.488. The largest absolute Gasteiger partial charge is 0.497 e. The Labute approximate surface area is 136 Å². The van der Waals surface area contributed by atoms with Crippen molar-refractivity contribution in [1.29, 1.82) is 0 Å². The molecule has 0 aromatic heterocycles. The molecule has 0 aliphatic rings. The summed E-state index contributed by atoms with van der Waals surface area (Å²) >= 11 is 0. The summed E-state index contributed by atoms with van der Waals surface area (Å²) in [6, 6.07) is 15.0. The van der Waals surface area contributed by atoms with Crippen molar-refractivity contribution in [2.24, 2.45) is 0 Å². The van der Waals surface area contributed by atoms with Crippen molar-refractivity contribution < 1.29 is 19.4 Å². The van der Waals surface area contributed by atoms with Crippen molar-refractivity contribution >= 4 is 5.97 Å². The lowest BCUT2D eigenvalue weighted by molar-refractivity contribution is -0.139. The molecule has 122 valence electrons. The van der Waals surface area contributed by atoms with Gasteiger partial charge in [0.25, 0.3) is 0 Å². The SMILES string of the molecule is COc1ccc(OCCCC(C(=O)O)c2ccc(C)cc2)cc1. The Balaban J connectivity index is 1.84. The number of carboxylic acids is 1. The summed E-state index contributed by atoms with van der Waals surface area (Å²) in [5.74, 6) is 0.254. The molecule has 0 saturated heterocycles. The molecule has 1 N–H and O–H groups in total. The zero-order chi connectivity index (χ0) is 16.7. The van der Waals surface area contributed by atoms with Crippen molar-refractivity contribution in [3.63, 3.8) is 0 Å². The first-order chi connectivity index (χ1) is 11.1. The molecule has 0 aliphatic heterocycles. The maximum absolute atomic E-state index is 11.5. The number of benzene rings is 2. The number of ether oxygens (including phenoxy) is 2. The zero-order valence-electron chi connectivity index (χ0n) is 13.5. The molecule has 2 aromatic rings. The second kappa shape index (κ2) is 8.22. The van der Waals surface area contributed by atoms with Crippen LogP contribution in [0.4, 0.5) is 0 Å². The van der Waals surface area contributed by atoms with Gasteiger partial charge in [-0.1, -0.05) is 29.8 Å². The van der Waals surface area contributed by atoms with E-state index in [0.29, 0.717) is 19.4 Å².